The van der Waals surface area contributed by atoms with Gasteiger partial charge in [0.1, 0.15) is 5.76 Å². The van der Waals surface area contributed by atoms with Gasteiger partial charge in [-0.05, 0) is 70.0 Å². The minimum absolute atomic E-state index is 0.0482. The lowest BCUT2D eigenvalue weighted by Gasteiger charge is -2.20. The van der Waals surface area contributed by atoms with Gasteiger partial charge in [-0.25, -0.2) is 8.42 Å². The zero-order valence-corrected chi connectivity index (χ0v) is 24.8. The van der Waals surface area contributed by atoms with Crippen molar-refractivity contribution in [2.24, 2.45) is 0 Å². The Morgan fingerprint density at radius 3 is 2.67 bits per heavy atom. The Balaban J connectivity index is 1.56. The molecule has 1 aromatic rings. The predicted molar refractivity (Wildman–Crippen MR) is 157 cm³/mol. The number of amides is 2. The molecule has 3 aliphatic rings. The lowest BCUT2D eigenvalue weighted by molar-refractivity contribution is -0.115. The monoisotopic (exact) mass is 568 g/mol. The molecule has 0 spiro atoms. The first kappa shape index (κ1) is 29.6. The van der Waals surface area contributed by atoms with Crippen LogP contribution in [0.1, 0.15) is 60.4 Å². The van der Waals surface area contributed by atoms with Gasteiger partial charge >= 0.3 is 0 Å². The van der Waals surface area contributed by atoms with Gasteiger partial charge in [-0.3, -0.25) is 9.59 Å². The summed E-state index contributed by atoms with van der Waals surface area (Å²) in [4.78, 5) is 31.4. The summed E-state index contributed by atoms with van der Waals surface area (Å²) in [5.41, 5.74) is 5.06. The van der Waals surface area contributed by atoms with Gasteiger partial charge in [0.05, 0.1) is 29.2 Å². The molecule has 0 aromatic carbocycles. The lowest BCUT2D eigenvalue weighted by Crippen LogP contribution is -2.35. The molecule has 2 heterocycles. The summed E-state index contributed by atoms with van der Waals surface area (Å²) in [5.74, 6) is 0.182. The Bertz CT molecular complexity index is 1440. The number of likely N-dealkylation sites (N-methyl/N-ethyl adjacent to an activating group) is 1. The van der Waals surface area contributed by atoms with Crippen LogP contribution < -0.4 is 10.6 Å². The summed E-state index contributed by atoms with van der Waals surface area (Å²) in [5, 5.41) is 5.13. The quantitative estimate of drug-likeness (QED) is 0.352. The van der Waals surface area contributed by atoms with Gasteiger partial charge in [-0.1, -0.05) is 31.6 Å². The molecule has 2 amide bonds. The second kappa shape index (κ2) is 12.4. The first-order chi connectivity index (χ1) is 19.1. The molecule has 1 unspecified atom stereocenters. The van der Waals surface area contributed by atoms with Crippen LogP contribution in [0.5, 0.6) is 0 Å². The minimum Gasteiger partial charge on any atom is -0.497 e. The van der Waals surface area contributed by atoms with Crippen molar-refractivity contribution < 1.29 is 22.7 Å². The number of ether oxygens (including phenoxy) is 1. The van der Waals surface area contributed by atoms with Crippen LogP contribution in [0, 0.1) is 13.8 Å². The number of aromatic nitrogens is 1. The van der Waals surface area contributed by atoms with Crippen molar-refractivity contribution in [1.29, 1.82) is 0 Å². The largest absolute Gasteiger partial charge is 0.497 e. The highest BCUT2D eigenvalue weighted by Gasteiger charge is 2.35. The first-order valence-electron chi connectivity index (χ1n) is 13.9. The van der Waals surface area contributed by atoms with Crippen LogP contribution in [0.3, 0.4) is 0 Å². The van der Waals surface area contributed by atoms with E-state index in [1.54, 1.807) is 31.4 Å². The van der Waals surface area contributed by atoms with Crippen molar-refractivity contribution in [2.45, 2.75) is 52.2 Å². The van der Waals surface area contributed by atoms with E-state index in [1.165, 1.54) is 0 Å². The van der Waals surface area contributed by atoms with Crippen LogP contribution >= 0.6 is 0 Å². The van der Waals surface area contributed by atoms with Crippen LogP contribution in [0.25, 0.3) is 6.08 Å². The molecule has 1 saturated heterocycles. The number of allylic oxidation sites excluding steroid dienone is 4. The van der Waals surface area contributed by atoms with Crippen molar-refractivity contribution in [3.63, 3.8) is 0 Å². The molecule has 1 fully saturated rings. The molecule has 2 aliphatic carbocycles. The predicted octanol–water partition coefficient (Wildman–Crippen LogP) is 3.46. The first-order valence-corrected chi connectivity index (χ1v) is 15.6. The number of hydrogen-bond acceptors (Lipinski definition) is 6. The Morgan fingerprint density at radius 2 is 1.98 bits per heavy atom. The number of aromatic amines is 1. The molecular weight excluding hydrogens is 528 g/mol. The fourth-order valence-corrected chi connectivity index (χ4v) is 7.15. The maximum atomic E-state index is 13.4. The molecule has 216 valence electrons. The summed E-state index contributed by atoms with van der Waals surface area (Å²) in [6, 6.07) is 0. The number of aryl methyl sites for hydroxylation is 1. The molecule has 0 bridgehead atoms. The third kappa shape index (κ3) is 6.33. The molecule has 9 nitrogen and oxygen atoms in total. The van der Waals surface area contributed by atoms with E-state index in [1.807, 2.05) is 19.9 Å². The second-order valence-corrected chi connectivity index (χ2v) is 12.6. The van der Waals surface area contributed by atoms with Gasteiger partial charge in [0, 0.05) is 35.7 Å². The zero-order chi connectivity index (χ0) is 29.0. The lowest BCUT2D eigenvalue weighted by atomic mass is 9.98. The Hall–Kier alpha value is -3.37. The Morgan fingerprint density at radius 1 is 1.23 bits per heavy atom. The van der Waals surface area contributed by atoms with Crippen LogP contribution in [0.15, 0.2) is 52.5 Å². The smallest absolute Gasteiger partial charge is 0.256 e. The van der Waals surface area contributed by atoms with Gasteiger partial charge in [0.15, 0.2) is 9.84 Å². The highest BCUT2D eigenvalue weighted by atomic mass is 32.2. The summed E-state index contributed by atoms with van der Waals surface area (Å²) in [7, 11) is -1.94. The summed E-state index contributed by atoms with van der Waals surface area (Å²) in [6.07, 6.45) is 10.7. The molecule has 3 N–H and O–H groups in total. The van der Waals surface area contributed by atoms with E-state index in [9.17, 15) is 18.0 Å². The van der Waals surface area contributed by atoms with Gasteiger partial charge < -0.3 is 25.3 Å². The number of hydrogen-bond donors (Lipinski definition) is 3. The number of nitrogens with one attached hydrogen (secondary N) is 3. The average molecular weight is 569 g/mol. The van der Waals surface area contributed by atoms with Crippen molar-refractivity contribution in [3.05, 3.63) is 75.0 Å². The normalized spacial score (nSPS) is 20.0. The molecule has 1 aliphatic heterocycles. The maximum Gasteiger partial charge on any atom is 0.256 e. The van der Waals surface area contributed by atoms with Crippen molar-refractivity contribution >= 4 is 27.7 Å². The molecule has 40 heavy (non-hydrogen) atoms. The van der Waals surface area contributed by atoms with Crippen molar-refractivity contribution in [3.8, 4) is 0 Å². The Kier molecular flexibility index (Phi) is 9.20. The van der Waals surface area contributed by atoms with Crippen molar-refractivity contribution in [1.82, 2.24) is 20.5 Å². The van der Waals surface area contributed by atoms with Crippen LogP contribution in [-0.2, 0) is 19.4 Å². The number of sulfone groups is 1. The number of carbonyl (C=O) groups is 2. The molecular formula is C30H40N4O5S. The average Bonchev–Trinajstić information content (AvgIpc) is 3.39. The highest BCUT2D eigenvalue weighted by molar-refractivity contribution is 7.92. The highest BCUT2D eigenvalue weighted by Crippen LogP contribution is 2.34. The standard InChI is InChI=1S/C30H40N4O5S/c1-6-34(7-2)14-13-31-30(36)28-19(3)27(32-20(28)4)17-25-24-16-23(11-12-26(24)33-29(25)35)40(37,38)18-21-9-8-10-22(15-21)39-5/h10,12,15-17,23,32H,6-9,11,13-14,18H2,1-5H3,(H,31,36)(H,33,35)/b25-17-. The van der Waals surface area contributed by atoms with E-state index in [-0.39, 0.29) is 17.6 Å². The Labute approximate surface area is 237 Å². The molecule has 10 heteroatoms. The SMILES string of the molecule is CCN(CC)CCNC(=O)c1c(C)[nH]c(/C=C2\C(=O)NC3=CCC(S(=O)(=O)CC4=CC(OC)=CCC4)C=C32)c1C. The molecule has 0 saturated carbocycles. The number of carbonyl (C=O) groups excluding carboxylic acids is 2. The van der Waals surface area contributed by atoms with Crippen LogP contribution in [0.2, 0.25) is 0 Å². The third-order valence-corrected chi connectivity index (χ3v) is 9.85. The van der Waals surface area contributed by atoms with Crippen molar-refractivity contribution in [2.75, 3.05) is 39.0 Å². The van der Waals surface area contributed by atoms with E-state index < -0.39 is 15.1 Å². The molecule has 0 radical (unpaired) electrons. The van der Waals surface area contributed by atoms with Gasteiger partial charge in [0.25, 0.3) is 11.8 Å². The fourth-order valence-electron chi connectivity index (χ4n) is 5.46. The van der Waals surface area contributed by atoms with Crippen LogP contribution in [-0.4, -0.2) is 74.4 Å². The number of methoxy groups -OCH3 is 1. The fraction of sp³-hybridized carbons (Fsp3) is 0.467. The number of nitrogens with zero attached hydrogens (tertiary/aromatic N) is 1. The van der Waals surface area contributed by atoms with E-state index in [0.717, 1.165) is 37.2 Å². The number of fused-ring (bicyclic) bond motifs is 1. The summed E-state index contributed by atoms with van der Waals surface area (Å²) in [6.45, 7) is 11.0. The topological polar surface area (TPSA) is 121 Å². The maximum absolute atomic E-state index is 13.4. The summed E-state index contributed by atoms with van der Waals surface area (Å²) >= 11 is 0. The molecule has 1 atom stereocenters. The van der Waals surface area contributed by atoms with E-state index in [2.05, 4.69) is 34.4 Å². The summed E-state index contributed by atoms with van der Waals surface area (Å²) < 4.78 is 32.0. The van der Waals surface area contributed by atoms with Gasteiger partial charge in [-0.2, -0.15) is 0 Å². The number of rotatable bonds is 11. The second-order valence-electron chi connectivity index (χ2n) is 10.4. The molecule has 4 rings (SSSR count). The van der Waals surface area contributed by atoms with E-state index in [0.29, 0.717) is 58.9 Å². The number of H-pyrrole nitrogens is 1. The zero-order valence-electron chi connectivity index (χ0n) is 24.0. The third-order valence-electron chi connectivity index (χ3n) is 7.82. The molecule has 1 aromatic heterocycles. The van der Waals surface area contributed by atoms with E-state index >= 15 is 0 Å². The van der Waals surface area contributed by atoms with Gasteiger partial charge in [0.2, 0.25) is 0 Å². The minimum atomic E-state index is -3.51. The van der Waals surface area contributed by atoms with Crippen LogP contribution in [0.4, 0.5) is 0 Å². The van der Waals surface area contributed by atoms with E-state index in [4.69, 9.17) is 4.74 Å². The van der Waals surface area contributed by atoms with Gasteiger partial charge in [-0.15, -0.1) is 0 Å².